The molecule has 0 aromatic carbocycles. The molecule has 1 atom stereocenters. The van der Waals surface area contributed by atoms with Crippen LogP contribution in [0.15, 0.2) is 29.2 Å². The Morgan fingerprint density at radius 3 is 2.67 bits per heavy atom. The van der Waals surface area contributed by atoms with Gasteiger partial charge in [-0.3, -0.25) is 24.2 Å². The standard InChI is InChI=1S/C15H17F3N6O3/c16-15(17,18)10(22-7-4-19-5-8-22)9-20-13-12(24(26)27)14(25)23-6-2-1-3-11(23)21-13/h1-3,6,10,19-20H,4-5,7-9H2. The van der Waals surface area contributed by atoms with Crippen LogP contribution in [0.25, 0.3) is 5.65 Å². The van der Waals surface area contributed by atoms with Gasteiger partial charge in [-0.25, -0.2) is 4.98 Å². The molecule has 2 N–H and O–H groups in total. The maximum absolute atomic E-state index is 13.5. The minimum atomic E-state index is -4.54. The summed E-state index contributed by atoms with van der Waals surface area (Å²) in [6, 6.07) is 2.65. The number of anilines is 1. The average molecular weight is 386 g/mol. The van der Waals surface area contributed by atoms with Crippen LogP contribution in [0.1, 0.15) is 0 Å². The fourth-order valence-electron chi connectivity index (χ4n) is 3.01. The van der Waals surface area contributed by atoms with Gasteiger partial charge in [-0.15, -0.1) is 0 Å². The Morgan fingerprint density at radius 1 is 1.33 bits per heavy atom. The second-order valence-electron chi connectivity index (χ2n) is 6.02. The molecule has 0 spiro atoms. The van der Waals surface area contributed by atoms with Gasteiger partial charge in [0.2, 0.25) is 5.82 Å². The van der Waals surface area contributed by atoms with Crippen molar-refractivity contribution in [3.63, 3.8) is 0 Å². The SMILES string of the molecule is O=c1c([N+](=O)[O-])c(NCC(N2CCNCC2)C(F)(F)F)nc2ccccn12. The lowest BCUT2D eigenvalue weighted by molar-refractivity contribution is -0.385. The third-order valence-corrected chi connectivity index (χ3v) is 4.33. The summed E-state index contributed by atoms with van der Waals surface area (Å²) in [6.07, 6.45) is -3.23. The Bertz CT molecular complexity index is 894. The minimum absolute atomic E-state index is 0.0985. The number of piperazine rings is 1. The molecule has 27 heavy (non-hydrogen) atoms. The van der Waals surface area contributed by atoms with Gasteiger partial charge in [-0.05, 0) is 12.1 Å². The number of nitrogens with zero attached hydrogens (tertiary/aromatic N) is 4. The van der Waals surface area contributed by atoms with Crippen LogP contribution < -0.4 is 16.2 Å². The number of alkyl halides is 3. The van der Waals surface area contributed by atoms with Crippen LogP contribution in [-0.4, -0.2) is 64.1 Å². The fourth-order valence-corrected chi connectivity index (χ4v) is 3.01. The van der Waals surface area contributed by atoms with Crippen LogP contribution in [0.5, 0.6) is 0 Å². The summed E-state index contributed by atoms with van der Waals surface area (Å²) in [5.41, 5.74) is -1.75. The van der Waals surface area contributed by atoms with Crippen molar-refractivity contribution >= 4 is 17.2 Å². The Labute approximate surface area is 150 Å². The van der Waals surface area contributed by atoms with E-state index in [0.717, 1.165) is 4.40 Å². The molecule has 0 amide bonds. The van der Waals surface area contributed by atoms with Crippen molar-refractivity contribution in [1.29, 1.82) is 0 Å². The Morgan fingerprint density at radius 2 is 2.04 bits per heavy atom. The number of aromatic nitrogens is 2. The monoisotopic (exact) mass is 386 g/mol. The summed E-state index contributed by atoms with van der Waals surface area (Å²) in [6.45, 7) is 0.577. The van der Waals surface area contributed by atoms with E-state index in [1.807, 2.05) is 0 Å². The molecule has 0 radical (unpaired) electrons. The van der Waals surface area contributed by atoms with Crippen LogP contribution in [0, 0.1) is 10.1 Å². The van der Waals surface area contributed by atoms with Crippen LogP contribution in [0.4, 0.5) is 24.7 Å². The van der Waals surface area contributed by atoms with Crippen molar-refractivity contribution < 1.29 is 18.1 Å². The predicted octanol–water partition coefficient (Wildman–Crippen LogP) is 0.851. The van der Waals surface area contributed by atoms with Gasteiger partial charge in [0.05, 0.1) is 4.92 Å². The van der Waals surface area contributed by atoms with E-state index in [1.54, 1.807) is 6.07 Å². The van der Waals surface area contributed by atoms with Gasteiger partial charge < -0.3 is 10.6 Å². The molecule has 0 bridgehead atoms. The maximum atomic E-state index is 13.5. The summed E-state index contributed by atoms with van der Waals surface area (Å²) >= 11 is 0. The molecule has 3 rings (SSSR count). The predicted molar refractivity (Wildman–Crippen MR) is 90.9 cm³/mol. The molecule has 0 aliphatic carbocycles. The Hall–Kier alpha value is -2.73. The van der Waals surface area contributed by atoms with Crippen LogP contribution >= 0.6 is 0 Å². The average Bonchev–Trinajstić information content (AvgIpc) is 2.61. The quantitative estimate of drug-likeness (QED) is 0.580. The number of halogens is 3. The Balaban J connectivity index is 1.93. The maximum Gasteiger partial charge on any atom is 0.405 e. The van der Waals surface area contributed by atoms with Crippen molar-refractivity contribution in [2.75, 3.05) is 38.0 Å². The van der Waals surface area contributed by atoms with Crippen molar-refractivity contribution in [3.8, 4) is 0 Å². The zero-order valence-corrected chi connectivity index (χ0v) is 14.1. The second kappa shape index (κ2) is 7.48. The van der Waals surface area contributed by atoms with E-state index in [-0.39, 0.29) is 18.7 Å². The van der Waals surface area contributed by atoms with Gasteiger partial charge in [0, 0.05) is 38.9 Å². The summed E-state index contributed by atoms with van der Waals surface area (Å²) in [5, 5.41) is 16.7. The fraction of sp³-hybridized carbons (Fsp3) is 0.467. The van der Waals surface area contributed by atoms with Gasteiger partial charge >= 0.3 is 17.4 Å². The molecule has 146 valence electrons. The highest BCUT2D eigenvalue weighted by molar-refractivity contribution is 5.59. The number of fused-ring (bicyclic) bond motifs is 1. The van der Waals surface area contributed by atoms with E-state index in [2.05, 4.69) is 15.6 Å². The molecule has 2 aromatic heterocycles. The van der Waals surface area contributed by atoms with E-state index in [9.17, 15) is 28.1 Å². The van der Waals surface area contributed by atoms with Gasteiger partial charge in [0.1, 0.15) is 11.7 Å². The van der Waals surface area contributed by atoms with E-state index in [4.69, 9.17) is 0 Å². The first-order valence-corrected chi connectivity index (χ1v) is 8.20. The van der Waals surface area contributed by atoms with Crippen molar-refractivity contribution in [3.05, 3.63) is 44.9 Å². The number of hydrogen-bond donors (Lipinski definition) is 2. The van der Waals surface area contributed by atoms with E-state index in [0.29, 0.717) is 13.1 Å². The van der Waals surface area contributed by atoms with Crippen LogP contribution in [0.2, 0.25) is 0 Å². The third kappa shape index (κ3) is 4.01. The molecule has 1 fully saturated rings. The van der Waals surface area contributed by atoms with Crippen molar-refractivity contribution in [2.45, 2.75) is 12.2 Å². The number of nitrogens with one attached hydrogen (secondary N) is 2. The molecule has 9 nitrogen and oxygen atoms in total. The summed E-state index contributed by atoms with van der Waals surface area (Å²) in [7, 11) is 0. The minimum Gasteiger partial charge on any atom is -0.362 e. The lowest BCUT2D eigenvalue weighted by atomic mass is 10.2. The van der Waals surface area contributed by atoms with Crippen LogP contribution in [-0.2, 0) is 0 Å². The van der Waals surface area contributed by atoms with Crippen molar-refractivity contribution in [1.82, 2.24) is 19.6 Å². The molecular weight excluding hydrogens is 369 g/mol. The molecule has 1 saturated heterocycles. The molecule has 2 aromatic rings. The molecular formula is C15H17F3N6O3. The zero-order valence-electron chi connectivity index (χ0n) is 14.1. The molecule has 1 aliphatic rings. The largest absolute Gasteiger partial charge is 0.405 e. The highest BCUT2D eigenvalue weighted by atomic mass is 19.4. The molecule has 1 aliphatic heterocycles. The number of hydrogen-bond acceptors (Lipinski definition) is 7. The van der Waals surface area contributed by atoms with Crippen molar-refractivity contribution in [2.24, 2.45) is 0 Å². The first-order chi connectivity index (χ1) is 12.8. The first-order valence-electron chi connectivity index (χ1n) is 8.20. The highest BCUT2D eigenvalue weighted by Gasteiger charge is 2.44. The van der Waals surface area contributed by atoms with Gasteiger partial charge in [-0.1, -0.05) is 6.07 Å². The lowest BCUT2D eigenvalue weighted by Gasteiger charge is -2.35. The van der Waals surface area contributed by atoms with E-state index in [1.165, 1.54) is 23.2 Å². The summed E-state index contributed by atoms with van der Waals surface area (Å²) in [5.74, 6) is -0.472. The molecule has 1 unspecified atom stereocenters. The van der Waals surface area contributed by atoms with E-state index >= 15 is 0 Å². The van der Waals surface area contributed by atoms with Crippen LogP contribution in [0.3, 0.4) is 0 Å². The summed E-state index contributed by atoms with van der Waals surface area (Å²) in [4.78, 5) is 27.9. The number of nitro groups is 1. The smallest absolute Gasteiger partial charge is 0.362 e. The third-order valence-electron chi connectivity index (χ3n) is 4.33. The first kappa shape index (κ1) is 19.0. The second-order valence-corrected chi connectivity index (χ2v) is 6.02. The number of pyridine rings is 1. The normalized spacial score (nSPS) is 17.0. The Kier molecular flexibility index (Phi) is 5.28. The van der Waals surface area contributed by atoms with Gasteiger partial charge in [0.25, 0.3) is 0 Å². The highest BCUT2D eigenvalue weighted by Crippen LogP contribution is 2.26. The zero-order chi connectivity index (χ0) is 19.6. The number of rotatable bonds is 5. The molecule has 3 heterocycles. The van der Waals surface area contributed by atoms with Gasteiger partial charge in [-0.2, -0.15) is 13.2 Å². The van der Waals surface area contributed by atoms with E-state index < -0.39 is 40.8 Å². The molecule has 0 saturated carbocycles. The summed E-state index contributed by atoms with van der Waals surface area (Å²) < 4.78 is 41.4. The molecule has 12 heteroatoms. The topological polar surface area (TPSA) is 105 Å². The lowest BCUT2D eigenvalue weighted by Crippen LogP contribution is -2.56. The van der Waals surface area contributed by atoms with Gasteiger partial charge in [0.15, 0.2) is 0 Å².